The number of aliphatic hydroxyl groups is 1. The van der Waals surface area contributed by atoms with E-state index in [1.807, 2.05) is 45.9 Å². The third-order valence-electron chi connectivity index (χ3n) is 5.03. The van der Waals surface area contributed by atoms with E-state index in [0.717, 1.165) is 24.0 Å². The molecule has 0 saturated carbocycles. The first-order valence-electron chi connectivity index (χ1n) is 11.7. The molecule has 34 heavy (non-hydrogen) atoms. The van der Waals surface area contributed by atoms with E-state index >= 15 is 0 Å². The number of hydrogen-bond donors (Lipinski definition) is 4. The summed E-state index contributed by atoms with van der Waals surface area (Å²) in [6.07, 6.45) is 0.933. The van der Waals surface area contributed by atoms with E-state index in [9.17, 15) is 19.5 Å². The molecule has 0 aromatic heterocycles. The van der Waals surface area contributed by atoms with E-state index in [-0.39, 0.29) is 30.9 Å². The van der Waals surface area contributed by atoms with Gasteiger partial charge in [0.15, 0.2) is 0 Å². The highest BCUT2D eigenvalue weighted by atomic mass is 32.1. The van der Waals surface area contributed by atoms with Crippen molar-refractivity contribution in [2.75, 3.05) is 18.9 Å². The molecule has 0 aliphatic carbocycles. The second kappa shape index (κ2) is 13.6. The van der Waals surface area contributed by atoms with Gasteiger partial charge in [0.05, 0.1) is 6.61 Å². The Bertz CT molecular complexity index is 820. The molecule has 1 aromatic carbocycles. The zero-order valence-corrected chi connectivity index (χ0v) is 22.4. The van der Waals surface area contributed by atoms with Crippen LogP contribution in [-0.4, -0.2) is 64.5 Å². The molecular weight excluding hydrogens is 454 g/mol. The Balaban J connectivity index is 3.39. The fourth-order valence-electron chi connectivity index (χ4n) is 3.78. The van der Waals surface area contributed by atoms with Crippen molar-refractivity contribution >= 4 is 30.5 Å². The number of ether oxygens (including phenoxy) is 1. The Morgan fingerprint density at radius 2 is 1.71 bits per heavy atom. The van der Waals surface area contributed by atoms with Crippen LogP contribution >= 0.6 is 12.6 Å². The molecule has 1 rings (SSSR count). The minimum atomic E-state index is -1.04. The van der Waals surface area contributed by atoms with Gasteiger partial charge in [-0.2, -0.15) is 12.6 Å². The van der Waals surface area contributed by atoms with Gasteiger partial charge in [0.2, 0.25) is 11.8 Å². The van der Waals surface area contributed by atoms with Crippen molar-refractivity contribution in [1.82, 2.24) is 15.5 Å². The summed E-state index contributed by atoms with van der Waals surface area (Å²) in [6.45, 7) is 12.5. The van der Waals surface area contributed by atoms with E-state index < -0.39 is 29.7 Å². The van der Waals surface area contributed by atoms with Gasteiger partial charge in [0.25, 0.3) is 0 Å². The molecule has 3 unspecified atom stereocenters. The van der Waals surface area contributed by atoms with Crippen molar-refractivity contribution in [2.24, 2.45) is 0 Å². The van der Waals surface area contributed by atoms with Crippen molar-refractivity contribution in [1.29, 1.82) is 0 Å². The molecule has 0 spiro atoms. The minimum Gasteiger partial charge on any atom is -0.444 e. The van der Waals surface area contributed by atoms with Crippen molar-refractivity contribution in [3.63, 3.8) is 0 Å². The van der Waals surface area contributed by atoms with E-state index in [0.29, 0.717) is 5.56 Å². The number of rotatable bonds is 11. The molecule has 0 heterocycles. The molecule has 8 nitrogen and oxygen atoms in total. The first-order valence-corrected chi connectivity index (χ1v) is 12.4. The maximum Gasteiger partial charge on any atom is 0.408 e. The normalized spacial score (nSPS) is 14.0. The molecule has 0 bridgehead atoms. The lowest BCUT2D eigenvalue weighted by Gasteiger charge is -2.34. The SMILES string of the molecule is CCCC(C)NC(=O)C(c1cc(C)cc(C)c1)N(CCO)C(=O)C(CS)NC(=O)OC(C)(C)C. The summed E-state index contributed by atoms with van der Waals surface area (Å²) in [7, 11) is 0. The Morgan fingerprint density at radius 1 is 1.12 bits per heavy atom. The van der Waals surface area contributed by atoms with Gasteiger partial charge in [-0.25, -0.2) is 4.79 Å². The maximum atomic E-state index is 13.6. The van der Waals surface area contributed by atoms with Crippen LogP contribution in [0.4, 0.5) is 4.79 Å². The third kappa shape index (κ3) is 9.54. The van der Waals surface area contributed by atoms with Crippen LogP contribution in [0.5, 0.6) is 0 Å². The van der Waals surface area contributed by atoms with Crippen LogP contribution in [0.1, 0.15) is 70.2 Å². The Hall–Kier alpha value is -2.26. The van der Waals surface area contributed by atoms with E-state index in [1.54, 1.807) is 20.8 Å². The van der Waals surface area contributed by atoms with Crippen molar-refractivity contribution in [3.05, 3.63) is 34.9 Å². The first-order chi connectivity index (χ1) is 15.8. The lowest BCUT2D eigenvalue weighted by Crippen LogP contribution is -2.55. The molecule has 3 amide bonds. The number of alkyl carbamates (subject to hydrolysis) is 1. The van der Waals surface area contributed by atoms with Gasteiger partial charge in [-0.05, 0) is 53.5 Å². The van der Waals surface area contributed by atoms with E-state index in [1.165, 1.54) is 4.90 Å². The van der Waals surface area contributed by atoms with Crippen LogP contribution in [0.25, 0.3) is 0 Å². The zero-order valence-electron chi connectivity index (χ0n) is 21.5. The second-order valence-corrected chi connectivity index (χ2v) is 10.0. The number of aliphatic hydroxyl groups excluding tert-OH is 1. The number of aryl methyl sites for hydroxylation is 2. The molecule has 1 aromatic rings. The largest absolute Gasteiger partial charge is 0.444 e. The van der Waals surface area contributed by atoms with Crippen LogP contribution in [0.15, 0.2) is 18.2 Å². The first kappa shape index (κ1) is 29.8. The minimum absolute atomic E-state index is 0.00652. The fourth-order valence-corrected chi connectivity index (χ4v) is 4.02. The van der Waals surface area contributed by atoms with E-state index in [4.69, 9.17) is 4.74 Å². The zero-order chi connectivity index (χ0) is 26.1. The van der Waals surface area contributed by atoms with Gasteiger partial charge in [-0.3, -0.25) is 9.59 Å². The number of benzene rings is 1. The molecule has 3 atom stereocenters. The number of amides is 3. The molecule has 0 radical (unpaired) electrons. The predicted octanol–water partition coefficient (Wildman–Crippen LogP) is 3.29. The smallest absolute Gasteiger partial charge is 0.408 e. The predicted molar refractivity (Wildman–Crippen MR) is 137 cm³/mol. The Labute approximate surface area is 209 Å². The quantitative estimate of drug-likeness (QED) is 0.352. The second-order valence-electron chi connectivity index (χ2n) is 9.66. The summed E-state index contributed by atoms with van der Waals surface area (Å²) < 4.78 is 5.28. The van der Waals surface area contributed by atoms with Crippen molar-refractivity contribution in [3.8, 4) is 0 Å². The number of nitrogens with zero attached hydrogens (tertiary/aromatic N) is 1. The topological polar surface area (TPSA) is 108 Å². The standard InChI is InChI=1S/C25H41N3O5S/c1-8-9-18(4)26-22(30)21(19-13-16(2)12-17(3)14-19)28(10-11-29)23(31)20(15-34)27-24(32)33-25(5,6)7/h12-14,18,20-21,29,34H,8-11,15H2,1-7H3,(H,26,30)(H,27,32). The molecule has 0 saturated heterocycles. The van der Waals surface area contributed by atoms with Crippen LogP contribution in [0, 0.1) is 13.8 Å². The average molecular weight is 496 g/mol. The average Bonchev–Trinajstić information content (AvgIpc) is 2.69. The highest BCUT2D eigenvalue weighted by Crippen LogP contribution is 2.25. The van der Waals surface area contributed by atoms with Gasteiger partial charge in [-0.1, -0.05) is 42.7 Å². The third-order valence-corrected chi connectivity index (χ3v) is 5.39. The van der Waals surface area contributed by atoms with Gasteiger partial charge in [-0.15, -0.1) is 0 Å². The number of carbonyl (C=O) groups excluding carboxylic acids is 3. The highest BCUT2D eigenvalue weighted by molar-refractivity contribution is 7.80. The van der Waals surface area contributed by atoms with Gasteiger partial charge < -0.3 is 25.4 Å². The van der Waals surface area contributed by atoms with Gasteiger partial charge >= 0.3 is 6.09 Å². The molecule has 9 heteroatoms. The molecule has 192 valence electrons. The number of thiol groups is 1. The van der Waals surface area contributed by atoms with Crippen LogP contribution < -0.4 is 10.6 Å². The van der Waals surface area contributed by atoms with Crippen LogP contribution in [0.3, 0.4) is 0 Å². The molecule has 0 fully saturated rings. The lowest BCUT2D eigenvalue weighted by molar-refractivity contribution is -0.142. The number of nitrogens with one attached hydrogen (secondary N) is 2. The van der Waals surface area contributed by atoms with Crippen LogP contribution in [0.2, 0.25) is 0 Å². The highest BCUT2D eigenvalue weighted by Gasteiger charge is 2.36. The lowest BCUT2D eigenvalue weighted by atomic mass is 9.98. The summed E-state index contributed by atoms with van der Waals surface area (Å²) in [5.74, 6) is -0.881. The van der Waals surface area contributed by atoms with Crippen LogP contribution in [-0.2, 0) is 14.3 Å². The molecule has 0 aliphatic heterocycles. The van der Waals surface area contributed by atoms with Crippen molar-refractivity contribution in [2.45, 2.75) is 85.0 Å². The van der Waals surface area contributed by atoms with Crippen molar-refractivity contribution < 1.29 is 24.2 Å². The fraction of sp³-hybridized carbons (Fsp3) is 0.640. The summed E-state index contributed by atoms with van der Waals surface area (Å²) >= 11 is 4.25. The van der Waals surface area contributed by atoms with E-state index in [2.05, 4.69) is 23.3 Å². The van der Waals surface area contributed by atoms with Gasteiger partial charge in [0, 0.05) is 18.3 Å². The molecule has 3 N–H and O–H groups in total. The number of carbonyl (C=O) groups is 3. The monoisotopic (exact) mass is 495 g/mol. The molecule has 0 aliphatic rings. The number of hydrogen-bond acceptors (Lipinski definition) is 6. The van der Waals surface area contributed by atoms with Gasteiger partial charge in [0.1, 0.15) is 17.7 Å². The summed E-state index contributed by atoms with van der Waals surface area (Å²) in [5.41, 5.74) is 1.79. The molecular formula is C25H41N3O5S. The Morgan fingerprint density at radius 3 is 2.18 bits per heavy atom. The maximum absolute atomic E-state index is 13.6. The Kier molecular flexibility index (Phi) is 11.9. The summed E-state index contributed by atoms with van der Waals surface area (Å²) in [5, 5.41) is 15.3. The summed E-state index contributed by atoms with van der Waals surface area (Å²) in [6, 6.07) is 3.58. The summed E-state index contributed by atoms with van der Waals surface area (Å²) in [4.78, 5) is 40.7.